The first-order valence-electron chi connectivity index (χ1n) is 11.9. The van der Waals surface area contributed by atoms with E-state index in [0.29, 0.717) is 66.8 Å². The molecule has 1 saturated heterocycles. The fourth-order valence-corrected chi connectivity index (χ4v) is 6.31. The highest BCUT2D eigenvalue weighted by Crippen LogP contribution is 2.19. The van der Waals surface area contributed by atoms with Crippen molar-refractivity contribution >= 4 is 27.7 Å². The first kappa shape index (κ1) is 26.3. The lowest BCUT2D eigenvalue weighted by Gasteiger charge is -2.34. The van der Waals surface area contributed by atoms with Crippen LogP contribution < -0.4 is 5.32 Å². The van der Waals surface area contributed by atoms with Gasteiger partial charge in [0.2, 0.25) is 10.0 Å². The summed E-state index contributed by atoms with van der Waals surface area (Å²) in [6.45, 7) is 3.42. The van der Waals surface area contributed by atoms with Crippen LogP contribution in [0.5, 0.6) is 0 Å². The van der Waals surface area contributed by atoms with Gasteiger partial charge < -0.3 is 5.32 Å². The highest BCUT2D eigenvalue weighted by molar-refractivity contribution is 7.98. The highest BCUT2D eigenvalue weighted by Gasteiger charge is 2.28. The number of sulfonamides is 1. The molecule has 1 amide bonds. The summed E-state index contributed by atoms with van der Waals surface area (Å²) < 4.78 is 40.8. The molecule has 1 fully saturated rings. The van der Waals surface area contributed by atoms with Crippen molar-refractivity contribution < 1.29 is 17.6 Å². The zero-order valence-corrected chi connectivity index (χ0v) is 21.6. The maximum atomic E-state index is 13.6. The van der Waals surface area contributed by atoms with Crippen LogP contribution in [0, 0.1) is 5.82 Å². The van der Waals surface area contributed by atoms with Crippen LogP contribution in [0.3, 0.4) is 0 Å². The zero-order valence-electron chi connectivity index (χ0n) is 20.0. The summed E-state index contributed by atoms with van der Waals surface area (Å²) in [6.07, 6.45) is 0. The van der Waals surface area contributed by atoms with Crippen LogP contribution in [0.4, 0.5) is 4.39 Å². The molecule has 1 aliphatic rings. The van der Waals surface area contributed by atoms with E-state index in [1.54, 1.807) is 58.5 Å². The maximum absolute atomic E-state index is 13.6. The van der Waals surface area contributed by atoms with Crippen LogP contribution in [-0.2, 0) is 22.3 Å². The summed E-state index contributed by atoms with van der Waals surface area (Å²) >= 11 is 1.58. The molecule has 0 aromatic heterocycles. The molecule has 9 heteroatoms. The lowest BCUT2D eigenvalue weighted by molar-refractivity contribution is 0.0956. The summed E-state index contributed by atoms with van der Waals surface area (Å²) in [4.78, 5) is 15.0. The van der Waals surface area contributed by atoms with Gasteiger partial charge in [-0.3, -0.25) is 9.69 Å². The second-order valence-electron chi connectivity index (χ2n) is 8.59. The minimum atomic E-state index is -3.46. The Morgan fingerprint density at radius 1 is 0.889 bits per heavy atom. The number of nitrogens with one attached hydrogen (secondary N) is 1. The van der Waals surface area contributed by atoms with Gasteiger partial charge in [-0.1, -0.05) is 48.5 Å². The second kappa shape index (κ2) is 12.5. The predicted octanol–water partition coefficient (Wildman–Crippen LogP) is 4.00. The van der Waals surface area contributed by atoms with E-state index >= 15 is 0 Å². The third-order valence-corrected chi connectivity index (χ3v) is 9.00. The summed E-state index contributed by atoms with van der Waals surface area (Å²) in [7, 11) is -3.46. The Hall–Kier alpha value is -2.72. The van der Waals surface area contributed by atoms with Gasteiger partial charge in [-0.05, 0) is 41.5 Å². The molecule has 1 heterocycles. The molecule has 0 saturated carbocycles. The lowest BCUT2D eigenvalue weighted by Crippen LogP contribution is -2.48. The molecule has 1 aliphatic heterocycles. The quantitative estimate of drug-likeness (QED) is 0.404. The number of rotatable bonds is 10. The number of amides is 1. The smallest absolute Gasteiger partial charge is 0.251 e. The number of piperazine rings is 1. The average molecular weight is 528 g/mol. The largest absolute Gasteiger partial charge is 0.351 e. The monoisotopic (exact) mass is 527 g/mol. The van der Waals surface area contributed by atoms with Crippen molar-refractivity contribution in [3.8, 4) is 0 Å². The van der Waals surface area contributed by atoms with Crippen molar-refractivity contribution in [3.05, 3.63) is 101 Å². The Morgan fingerprint density at radius 3 is 2.25 bits per heavy atom. The molecule has 36 heavy (non-hydrogen) atoms. The number of hydrogen-bond acceptors (Lipinski definition) is 5. The van der Waals surface area contributed by atoms with Crippen molar-refractivity contribution in [3.63, 3.8) is 0 Å². The topological polar surface area (TPSA) is 69.7 Å². The third-order valence-electron chi connectivity index (χ3n) is 6.08. The second-order valence-corrected chi connectivity index (χ2v) is 11.6. The van der Waals surface area contributed by atoms with Gasteiger partial charge in [0.1, 0.15) is 5.82 Å². The number of nitrogens with zero attached hydrogens (tertiary/aromatic N) is 2. The van der Waals surface area contributed by atoms with Crippen LogP contribution in [-0.4, -0.2) is 62.0 Å². The zero-order chi connectivity index (χ0) is 25.4. The Balaban J connectivity index is 1.18. The number of thioether (sulfide) groups is 1. The minimum Gasteiger partial charge on any atom is -0.351 e. The molecule has 0 radical (unpaired) electrons. The van der Waals surface area contributed by atoms with Gasteiger partial charge in [0.05, 0.1) is 4.90 Å². The van der Waals surface area contributed by atoms with Crippen LogP contribution in [0.15, 0.2) is 83.8 Å². The van der Waals surface area contributed by atoms with Crippen LogP contribution >= 0.6 is 11.8 Å². The van der Waals surface area contributed by atoms with Gasteiger partial charge in [0.25, 0.3) is 5.91 Å². The fourth-order valence-electron chi connectivity index (χ4n) is 4.03. The molecular weight excluding hydrogens is 497 g/mol. The summed E-state index contributed by atoms with van der Waals surface area (Å²) in [5, 5.41) is 2.91. The van der Waals surface area contributed by atoms with Crippen molar-refractivity contribution in [2.75, 3.05) is 38.5 Å². The number of benzene rings is 3. The summed E-state index contributed by atoms with van der Waals surface area (Å²) in [5.74, 6) is 0.939. The average Bonchev–Trinajstić information content (AvgIpc) is 2.90. The molecule has 6 nitrogen and oxygen atoms in total. The summed E-state index contributed by atoms with van der Waals surface area (Å²) in [5.41, 5.74) is 2.34. The van der Waals surface area contributed by atoms with Gasteiger partial charge in [-0.25, -0.2) is 12.8 Å². The number of halogens is 1. The van der Waals surface area contributed by atoms with E-state index in [1.807, 2.05) is 30.3 Å². The maximum Gasteiger partial charge on any atom is 0.251 e. The molecule has 0 atom stereocenters. The predicted molar refractivity (Wildman–Crippen MR) is 142 cm³/mol. The van der Waals surface area contributed by atoms with E-state index in [4.69, 9.17) is 0 Å². The van der Waals surface area contributed by atoms with E-state index in [9.17, 15) is 17.6 Å². The number of hydrogen-bond donors (Lipinski definition) is 1. The van der Waals surface area contributed by atoms with Crippen molar-refractivity contribution in [2.45, 2.75) is 17.2 Å². The molecule has 0 unspecified atom stereocenters. The van der Waals surface area contributed by atoms with E-state index in [-0.39, 0.29) is 11.7 Å². The van der Waals surface area contributed by atoms with E-state index < -0.39 is 10.0 Å². The van der Waals surface area contributed by atoms with E-state index in [2.05, 4.69) is 10.2 Å². The Kier molecular flexibility index (Phi) is 9.14. The van der Waals surface area contributed by atoms with Crippen molar-refractivity contribution in [1.29, 1.82) is 0 Å². The normalized spacial score (nSPS) is 15.0. The lowest BCUT2D eigenvalue weighted by atomic mass is 10.1. The molecule has 0 aliphatic carbocycles. The number of carbonyl (C=O) groups is 1. The minimum absolute atomic E-state index is 0.132. The third kappa shape index (κ3) is 6.94. The molecule has 3 aromatic rings. The van der Waals surface area contributed by atoms with Gasteiger partial charge in [-0.15, -0.1) is 0 Å². The highest BCUT2D eigenvalue weighted by atomic mass is 32.2. The standard InChI is InChI=1S/C27H30FN3O3S2/c28-26-9-5-4-6-24(26)21-35-19-14-29-27(32)23-12-10-22(11-13-23)20-30-15-17-31(18-16-30)36(33,34)25-7-2-1-3-8-25/h1-13H,14-21H2,(H,29,32). The first-order chi connectivity index (χ1) is 17.4. The SMILES string of the molecule is O=C(NCCSCc1ccccc1F)c1ccc(CN2CCN(S(=O)(=O)c3ccccc3)CC2)cc1. The molecular formula is C27H30FN3O3S2. The first-order valence-corrected chi connectivity index (χ1v) is 14.5. The van der Waals surface area contributed by atoms with Gasteiger partial charge in [0, 0.05) is 56.3 Å². The van der Waals surface area contributed by atoms with E-state index in [1.165, 1.54) is 6.07 Å². The van der Waals surface area contributed by atoms with E-state index in [0.717, 1.165) is 5.56 Å². The molecule has 190 valence electrons. The van der Waals surface area contributed by atoms with Gasteiger partial charge in [0.15, 0.2) is 0 Å². The number of carbonyl (C=O) groups excluding carboxylic acids is 1. The molecule has 1 N–H and O–H groups in total. The van der Waals surface area contributed by atoms with Crippen LogP contribution in [0.25, 0.3) is 0 Å². The van der Waals surface area contributed by atoms with Gasteiger partial charge >= 0.3 is 0 Å². The Bertz CT molecular complexity index is 1250. The molecule has 0 spiro atoms. The Morgan fingerprint density at radius 2 is 1.56 bits per heavy atom. The Labute approximate surface area is 216 Å². The van der Waals surface area contributed by atoms with Gasteiger partial charge in [-0.2, -0.15) is 16.1 Å². The molecule has 3 aromatic carbocycles. The molecule has 4 rings (SSSR count). The summed E-state index contributed by atoms with van der Waals surface area (Å²) in [6, 6.07) is 22.8. The van der Waals surface area contributed by atoms with Crippen LogP contribution in [0.2, 0.25) is 0 Å². The van der Waals surface area contributed by atoms with Crippen molar-refractivity contribution in [2.24, 2.45) is 0 Å². The molecule has 0 bridgehead atoms. The fraction of sp³-hybridized carbons (Fsp3) is 0.296. The van der Waals surface area contributed by atoms with Crippen LogP contribution in [0.1, 0.15) is 21.5 Å². The van der Waals surface area contributed by atoms with Crippen molar-refractivity contribution in [1.82, 2.24) is 14.5 Å².